The predicted molar refractivity (Wildman–Crippen MR) is 97.0 cm³/mol. The zero-order valence-electron chi connectivity index (χ0n) is 13.7. The molecule has 1 aromatic heterocycles. The summed E-state index contributed by atoms with van der Waals surface area (Å²) in [6.07, 6.45) is 3.96. The topological polar surface area (TPSA) is 67.2 Å². The molecule has 1 aromatic carbocycles. The van der Waals surface area contributed by atoms with Gasteiger partial charge in [-0.25, -0.2) is 4.98 Å². The van der Waals surface area contributed by atoms with Gasteiger partial charge in [0, 0.05) is 36.6 Å². The standard InChI is InChI=1S/C17H21BrN4O2/c1-19-13-3-2-7-21(10-13)16(23)6-8-22-11-20-15-5-4-12(18)9-14(15)17(22)24/h4-5,9,11,13,19H,2-3,6-8,10H2,1H3. The number of carbonyl (C=O) groups is 1. The Kier molecular flexibility index (Phi) is 5.30. The van der Waals surface area contributed by atoms with Crippen LogP contribution in [0.15, 0.2) is 33.8 Å². The van der Waals surface area contributed by atoms with Crippen molar-refractivity contribution in [2.45, 2.75) is 31.8 Å². The fourth-order valence-electron chi connectivity index (χ4n) is 3.10. The number of aromatic nitrogens is 2. The summed E-state index contributed by atoms with van der Waals surface area (Å²) in [6, 6.07) is 5.80. The molecule has 1 fully saturated rings. The van der Waals surface area contributed by atoms with Crippen LogP contribution in [0.2, 0.25) is 0 Å². The summed E-state index contributed by atoms with van der Waals surface area (Å²) in [5.74, 6) is 0.0937. The SMILES string of the molecule is CNC1CCCN(C(=O)CCn2cnc3ccc(Br)cc3c2=O)C1. The number of nitrogens with zero attached hydrogens (tertiary/aromatic N) is 3. The van der Waals surface area contributed by atoms with E-state index in [0.29, 0.717) is 29.9 Å². The van der Waals surface area contributed by atoms with Crippen molar-refractivity contribution in [2.24, 2.45) is 0 Å². The van der Waals surface area contributed by atoms with Crippen LogP contribution in [-0.4, -0.2) is 46.5 Å². The first-order valence-electron chi connectivity index (χ1n) is 8.18. The van der Waals surface area contributed by atoms with Crippen LogP contribution in [0, 0.1) is 0 Å². The number of amides is 1. The lowest BCUT2D eigenvalue weighted by Crippen LogP contribution is -2.47. The smallest absolute Gasteiger partial charge is 0.261 e. The molecule has 2 aromatic rings. The predicted octanol–water partition coefficient (Wildman–Crippen LogP) is 1.76. The van der Waals surface area contributed by atoms with E-state index in [1.807, 2.05) is 24.1 Å². The summed E-state index contributed by atoms with van der Waals surface area (Å²) >= 11 is 3.38. The third-order valence-corrected chi connectivity index (χ3v) is 5.03. The first-order chi connectivity index (χ1) is 11.6. The molecule has 1 atom stereocenters. The number of hydrogen-bond acceptors (Lipinski definition) is 4. The van der Waals surface area contributed by atoms with Crippen LogP contribution in [0.3, 0.4) is 0 Å². The molecule has 24 heavy (non-hydrogen) atoms. The quantitative estimate of drug-likeness (QED) is 0.860. The number of piperidine rings is 1. The van der Waals surface area contributed by atoms with E-state index < -0.39 is 0 Å². The van der Waals surface area contributed by atoms with Gasteiger partial charge in [-0.2, -0.15) is 0 Å². The number of nitrogens with one attached hydrogen (secondary N) is 1. The van der Waals surface area contributed by atoms with E-state index in [0.717, 1.165) is 30.4 Å². The van der Waals surface area contributed by atoms with Gasteiger partial charge >= 0.3 is 0 Å². The van der Waals surface area contributed by atoms with Gasteiger partial charge in [0.1, 0.15) is 0 Å². The third-order valence-electron chi connectivity index (χ3n) is 4.53. The van der Waals surface area contributed by atoms with Crippen LogP contribution in [0.5, 0.6) is 0 Å². The maximum atomic E-state index is 12.5. The fraction of sp³-hybridized carbons (Fsp3) is 0.471. The molecule has 1 unspecified atom stereocenters. The van der Waals surface area contributed by atoms with Gasteiger partial charge in [-0.3, -0.25) is 14.2 Å². The molecule has 2 heterocycles. The Labute approximate surface area is 149 Å². The highest BCUT2D eigenvalue weighted by Crippen LogP contribution is 2.15. The highest BCUT2D eigenvalue weighted by molar-refractivity contribution is 9.10. The summed E-state index contributed by atoms with van der Waals surface area (Å²) in [7, 11) is 1.93. The van der Waals surface area contributed by atoms with E-state index in [9.17, 15) is 9.59 Å². The van der Waals surface area contributed by atoms with E-state index in [2.05, 4.69) is 26.2 Å². The number of likely N-dealkylation sites (tertiary alicyclic amines) is 1. The van der Waals surface area contributed by atoms with E-state index in [1.165, 1.54) is 10.9 Å². The van der Waals surface area contributed by atoms with Crippen molar-refractivity contribution in [2.75, 3.05) is 20.1 Å². The van der Waals surface area contributed by atoms with Gasteiger partial charge in [-0.1, -0.05) is 15.9 Å². The van der Waals surface area contributed by atoms with Crippen LogP contribution in [0.25, 0.3) is 10.9 Å². The number of likely N-dealkylation sites (N-methyl/N-ethyl adjacent to an activating group) is 1. The molecule has 1 saturated heterocycles. The number of aryl methyl sites for hydroxylation is 1. The van der Waals surface area contributed by atoms with Crippen LogP contribution in [0.1, 0.15) is 19.3 Å². The zero-order valence-corrected chi connectivity index (χ0v) is 15.3. The van der Waals surface area contributed by atoms with Crippen molar-refractivity contribution in [1.82, 2.24) is 19.8 Å². The Morgan fingerprint density at radius 1 is 1.46 bits per heavy atom. The second kappa shape index (κ2) is 7.44. The number of halogens is 1. The number of hydrogen-bond donors (Lipinski definition) is 1. The van der Waals surface area contributed by atoms with Crippen molar-refractivity contribution < 1.29 is 4.79 Å². The van der Waals surface area contributed by atoms with Crippen LogP contribution in [-0.2, 0) is 11.3 Å². The molecule has 1 amide bonds. The first kappa shape index (κ1) is 17.1. The minimum absolute atomic E-state index is 0.0937. The van der Waals surface area contributed by atoms with Gasteiger partial charge < -0.3 is 10.2 Å². The molecule has 0 saturated carbocycles. The number of carbonyl (C=O) groups excluding carboxylic acids is 1. The lowest BCUT2D eigenvalue weighted by molar-refractivity contribution is -0.132. The third kappa shape index (κ3) is 3.67. The van der Waals surface area contributed by atoms with Gasteiger partial charge in [0.15, 0.2) is 0 Å². The average molecular weight is 393 g/mol. The molecular weight excluding hydrogens is 372 g/mol. The second-order valence-corrected chi connectivity index (χ2v) is 7.04. The molecule has 1 N–H and O–H groups in total. The monoisotopic (exact) mass is 392 g/mol. The number of rotatable bonds is 4. The number of fused-ring (bicyclic) bond motifs is 1. The summed E-state index contributed by atoms with van der Waals surface area (Å²) in [5, 5.41) is 3.80. The molecule has 7 heteroatoms. The van der Waals surface area contributed by atoms with Crippen molar-refractivity contribution in [3.05, 3.63) is 39.4 Å². The molecule has 1 aliphatic heterocycles. The number of benzene rings is 1. The van der Waals surface area contributed by atoms with Crippen LogP contribution >= 0.6 is 15.9 Å². The largest absolute Gasteiger partial charge is 0.341 e. The highest BCUT2D eigenvalue weighted by Gasteiger charge is 2.22. The van der Waals surface area contributed by atoms with Crippen molar-refractivity contribution in [3.8, 4) is 0 Å². The Hall–Kier alpha value is -1.73. The van der Waals surface area contributed by atoms with Gasteiger partial charge in [-0.15, -0.1) is 0 Å². The Bertz CT molecular complexity index is 805. The molecule has 1 aliphatic rings. The molecular formula is C17H21BrN4O2. The van der Waals surface area contributed by atoms with Crippen molar-refractivity contribution in [1.29, 1.82) is 0 Å². The molecule has 0 spiro atoms. The maximum Gasteiger partial charge on any atom is 0.261 e. The lowest BCUT2D eigenvalue weighted by atomic mass is 10.1. The van der Waals surface area contributed by atoms with Crippen molar-refractivity contribution >= 4 is 32.7 Å². The molecule has 0 radical (unpaired) electrons. The van der Waals surface area contributed by atoms with Crippen LogP contribution in [0.4, 0.5) is 0 Å². The molecule has 0 bridgehead atoms. The summed E-state index contributed by atoms with van der Waals surface area (Å²) in [5.41, 5.74) is 0.555. The normalized spacial score (nSPS) is 18.1. The summed E-state index contributed by atoms with van der Waals surface area (Å²) < 4.78 is 2.36. The van der Waals surface area contributed by atoms with E-state index in [4.69, 9.17) is 0 Å². The van der Waals surface area contributed by atoms with Gasteiger partial charge in [0.05, 0.1) is 17.2 Å². The Balaban J connectivity index is 1.70. The molecule has 128 valence electrons. The molecule has 0 aliphatic carbocycles. The average Bonchev–Trinajstić information content (AvgIpc) is 2.61. The van der Waals surface area contributed by atoms with Gasteiger partial charge in [0.2, 0.25) is 5.91 Å². The highest BCUT2D eigenvalue weighted by atomic mass is 79.9. The summed E-state index contributed by atoms with van der Waals surface area (Å²) in [6.45, 7) is 1.90. The minimum atomic E-state index is -0.110. The van der Waals surface area contributed by atoms with E-state index >= 15 is 0 Å². The molecule has 6 nitrogen and oxygen atoms in total. The Morgan fingerprint density at radius 3 is 3.08 bits per heavy atom. The maximum absolute atomic E-state index is 12.5. The molecule has 3 rings (SSSR count). The van der Waals surface area contributed by atoms with Crippen molar-refractivity contribution in [3.63, 3.8) is 0 Å². The van der Waals surface area contributed by atoms with Gasteiger partial charge in [-0.05, 0) is 38.1 Å². The van der Waals surface area contributed by atoms with Gasteiger partial charge in [0.25, 0.3) is 5.56 Å². The summed E-state index contributed by atoms with van der Waals surface area (Å²) in [4.78, 5) is 31.1. The second-order valence-electron chi connectivity index (χ2n) is 6.12. The van der Waals surface area contributed by atoms with E-state index in [1.54, 1.807) is 6.07 Å². The lowest BCUT2D eigenvalue weighted by Gasteiger charge is -2.32. The first-order valence-corrected chi connectivity index (χ1v) is 8.97. The van der Waals surface area contributed by atoms with E-state index in [-0.39, 0.29) is 11.5 Å². The van der Waals surface area contributed by atoms with Crippen LogP contribution < -0.4 is 10.9 Å². The zero-order chi connectivity index (χ0) is 17.1. The Morgan fingerprint density at radius 2 is 2.29 bits per heavy atom. The minimum Gasteiger partial charge on any atom is -0.341 e. The fourth-order valence-corrected chi connectivity index (χ4v) is 3.47.